The summed E-state index contributed by atoms with van der Waals surface area (Å²) in [5.41, 5.74) is 1.13. The van der Waals surface area contributed by atoms with E-state index in [0.717, 1.165) is 5.56 Å². The van der Waals surface area contributed by atoms with E-state index in [0.29, 0.717) is 6.42 Å². The minimum absolute atomic E-state index is 0.0105. The molecule has 0 saturated carbocycles. The second-order valence-corrected chi connectivity index (χ2v) is 4.07. The zero-order valence-corrected chi connectivity index (χ0v) is 9.94. The van der Waals surface area contributed by atoms with Gasteiger partial charge in [0.25, 0.3) is 0 Å². The van der Waals surface area contributed by atoms with E-state index in [1.807, 2.05) is 44.2 Å². The SMILES string of the molecule is C=CCC(C)C(=O)N[C@@H](C)c1ccccc1. The van der Waals surface area contributed by atoms with Gasteiger partial charge in [-0.05, 0) is 18.9 Å². The molecule has 0 aliphatic rings. The Morgan fingerprint density at radius 1 is 1.38 bits per heavy atom. The summed E-state index contributed by atoms with van der Waals surface area (Å²) in [5.74, 6) is 0.0694. The number of carbonyl (C=O) groups excluding carboxylic acids is 1. The van der Waals surface area contributed by atoms with Crippen LogP contribution >= 0.6 is 0 Å². The summed E-state index contributed by atoms with van der Waals surface area (Å²) in [4.78, 5) is 11.8. The number of amides is 1. The van der Waals surface area contributed by atoms with Gasteiger partial charge in [-0.1, -0.05) is 43.3 Å². The van der Waals surface area contributed by atoms with Crippen LogP contribution in [0.2, 0.25) is 0 Å². The van der Waals surface area contributed by atoms with Gasteiger partial charge >= 0.3 is 0 Å². The first-order chi connectivity index (χ1) is 7.65. The van der Waals surface area contributed by atoms with E-state index in [4.69, 9.17) is 0 Å². The smallest absolute Gasteiger partial charge is 0.223 e. The Morgan fingerprint density at radius 3 is 2.56 bits per heavy atom. The van der Waals surface area contributed by atoms with E-state index in [9.17, 15) is 4.79 Å². The van der Waals surface area contributed by atoms with E-state index >= 15 is 0 Å². The van der Waals surface area contributed by atoms with Crippen molar-refractivity contribution >= 4 is 5.91 Å². The average Bonchev–Trinajstić information content (AvgIpc) is 2.30. The van der Waals surface area contributed by atoms with E-state index in [1.165, 1.54) is 0 Å². The van der Waals surface area contributed by atoms with Crippen molar-refractivity contribution in [2.75, 3.05) is 0 Å². The van der Waals surface area contributed by atoms with Gasteiger partial charge in [-0.3, -0.25) is 4.79 Å². The highest BCUT2D eigenvalue weighted by molar-refractivity contribution is 5.78. The lowest BCUT2D eigenvalue weighted by Gasteiger charge is -2.17. The number of allylic oxidation sites excluding steroid dienone is 1. The molecule has 0 saturated heterocycles. The minimum Gasteiger partial charge on any atom is -0.349 e. The van der Waals surface area contributed by atoms with Gasteiger partial charge in [-0.25, -0.2) is 0 Å². The van der Waals surface area contributed by atoms with Gasteiger partial charge in [0.05, 0.1) is 6.04 Å². The largest absolute Gasteiger partial charge is 0.349 e. The average molecular weight is 217 g/mol. The third kappa shape index (κ3) is 3.54. The summed E-state index contributed by atoms with van der Waals surface area (Å²) in [7, 11) is 0. The van der Waals surface area contributed by atoms with Crippen LogP contribution in [0.25, 0.3) is 0 Å². The summed E-state index contributed by atoms with van der Waals surface area (Å²) in [6, 6.07) is 10.0. The van der Waals surface area contributed by atoms with Crippen molar-refractivity contribution in [3.05, 3.63) is 48.6 Å². The maximum absolute atomic E-state index is 11.8. The lowest BCUT2D eigenvalue weighted by Crippen LogP contribution is -2.31. The van der Waals surface area contributed by atoms with E-state index in [-0.39, 0.29) is 17.9 Å². The van der Waals surface area contributed by atoms with Crippen molar-refractivity contribution in [3.63, 3.8) is 0 Å². The topological polar surface area (TPSA) is 29.1 Å². The highest BCUT2D eigenvalue weighted by Gasteiger charge is 2.14. The second-order valence-electron chi connectivity index (χ2n) is 4.07. The maximum atomic E-state index is 11.8. The molecule has 2 heteroatoms. The van der Waals surface area contributed by atoms with Crippen molar-refractivity contribution < 1.29 is 4.79 Å². The fourth-order valence-electron chi connectivity index (χ4n) is 1.54. The highest BCUT2D eigenvalue weighted by atomic mass is 16.1. The zero-order valence-electron chi connectivity index (χ0n) is 9.94. The minimum atomic E-state index is -0.0105. The van der Waals surface area contributed by atoms with Crippen molar-refractivity contribution in [1.82, 2.24) is 5.32 Å². The third-order valence-corrected chi connectivity index (χ3v) is 2.63. The van der Waals surface area contributed by atoms with Crippen molar-refractivity contribution in [1.29, 1.82) is 0 Å². The fourth-order valence-corrected chi connectivity index (χ4v) is 1.54. The Balaban J connectivity index is 2.55. The van der Waals surface area contributed by atoms with Gasteiger partial charge < -0.3 is 5.32 Å². The normalized spacial score (nSPS) is 13.9. The fraction of sp³-hybridized carbons (Fsp3) is 0.357. The first-order valence-corrected chi connectivity index (χ1v) is 5.61. The van der Waals surface area contributed by atoms with Gasteiger partial charge in [0.2, 0.25) is 5.91 Å². The van der Waals surface area contributed by atoms with Gasteiger partial charge in [0.15, 0.2) is 0 Å². The summed E-state index contributed by atoms with van der Waals surface area (Å²) >= 11 is 0. The zero-order chi connectivity index (χ0) is 12.0. The van der Waals surface area contributed by atoms with Crippen LogP contribution in [0.15, 0.2) is 43.0 Å². The number of hydrogen-bond acceptors (Lipinski definition) is 1. The lowest BCUT2D eigenvalue weighted by atomic mass is 10.0. The Bertz CT molecular complexity index is 345. The first-order valence-electron chi connectivity index (χ1n) is 5.61. The molecule has 16 heavy (non-hydrogen) atoms. The van der Waals surface area contributed by atoms with Crippen molar-refractivity contribution in [2.45, 2.75) is 26.3 Å². The van der Waals surface area contributed by atoms with Crippen LogP contribution in [0.5, 0.6) is 0 Å². The van der Waals surface area contributed by atoms with Crippen LogP contribution in [0.4, 0.5) is 0 Å². The summed E-state index contributed by atoms with van der Waals surface area (Å²) in [6.07, 6.45) is 2.49. The molecule has 1 N–H and O–H groups in total. The molecule has 0 aromatic heterocycles. The number of carbonyl (C=O) groups is 1. The predicted octanol–water partition coefficient (Wildman–Crippen LogP) is 3.08. The molecule has 2 atom stereocenters. The molecular formula is C14H19NO. The van der Waals surface area contributed by atoms with E-state index in [2.05, 4.69) is 11.9 Å². The highest BCUT2D eigenvalue weighted by Crippen LogP contribution is 2.12. The van der Waals surface area contributed by atoms with Crippen LogP contribution in [-0.2, 0) is 4.79 Å². The van der Waals surface area contributed by atoms with Crippen LogP contribution < -0.4 is 5.32 Å². The molecule has 0 radical (unpaired) electrons. The molecule has 1 aromatic rings. The summed E-state index contributed by atoms with van der Waals surface area (Å²) < 4.78 is 0. The van der Waals surface area contributed by atoms with E-state index < -0.39 is 0 Å². The second kappa shape index (κ2) is 6.11. The molecule has 86 valence electrons. The van der Waals surface area contributed by atoms with Crippen molar-refractivity contribution in [2.24, 2.45) is 5.92 Å². The van der Waals surface area contributed by atoms with Crippen LogP contribution in [0.3, 0.4) is 0 Å². The Labute approximate surface area is 97.4 Å². The van der Waals surface area contributed by atoms with E-state index in [1.54, 1.807) is 6.08 Å². The van der Waals surface area contributed by atoms with Gasteiger partial charge in [0, 0.05) is 5.92 Å². The molecule has 0 bridgehead atoms. The molecule has 0 fully saturated rings. The summed E-state index contributed by atoms with van der Waals surface area (Å²) in [6.45, 7) is 7.55. The number of hydrogen-bond donors (Lipinski definition) is 1. The Hall–Kier alpha value is -1.57. The molecule has 1 unspecified atom stereocenters. The Kier molecular flexibility index (Phi) is 4.77. The lowest BCUT2D eigenvalue weighted by molar-refractivity contribution is -0.125. The van der Waals surface area contributed by atoms with Gasteiger partial charge in [0.1, 0.15) is 0 Å². The van der Waals surface area contributed by atoms with Crippen LogP contribution in [0, 0.1) is 5.92 Å². The molecule has 1 aromatic carbocycles. The molecular weight excluding hydrogens is 198 g/mol. The maximum Gasteiger partial charge on any atom is 0.223 e. The van der Waals surface area contributed by atoms with Crippen molar-refractivity contribution in [3.8, 4) is 0 Å². The van der Waals surface area contributed by atoms with Gasteiger partial charge in [-0.15, -0.1) is 6.58 Å². The molecule has 2 nitrogen and oxygen atoms in total. The quantitative estimate of drug-likeness (QED) is 0.754. The first kappa shape index (κ1) is 12.5. The number of benzene rings is 1. The monoisotopic (exact) mass is 217 g/mol. The standard InChI is InChI=1S/C14H19NO/c1-4-8-11(2)14(16)15-12(3)13-9-6-5-7-10-13/h4-7,9-12H,1,8H2,2-3H3,(H,15,16)/t11?,12-/m0/s1. The Morgan fingerprint density at radius 2 is 2.00 bits per heavy atom. The van der Waals surface area contributed by atoms with Crippen LogP contribution in [0.1, 0.15) is 31.9 Å². The van der Waals surface area contributed by atoms with Crippen LogP contribution in [-0.4, -0.2) is 5.91 Å². The number of rotatable bonds is 5. The molecule has 1 rings (SSSR count). The molecule has 0 heterocycles. The summed E-state index contributed by atoms with van der Waals surface area (Å²) in [5, 5.41) is 2.99. The number of nitrogens with one attached hydrogen (secondary N) is 1. The molecule has 0 aliphatic carbocycles. The predicted molar refractivity (Wildman–Crippen MR) is 67.0 cm³/mol. The molecule has 1 amide bonds. The van der Waals surface area contributed by atoms with Gasteiger partial charge in [-0.2, -0.15) is 0 Å². The molecule has 0 aliphatic heterocycles. The molecule has 0 spiro atoms. The third-order valence-electron chi connectivity index (χ3n) is 2.63.